The smallest absolute Gasteiger partial charge is 0.215 e. The second kappa shape index (κ2) is 5.04. The zero-order valence-electron chi connectivity index (χ0n) is 10.6. The van der Waals surface area contributed by atoms with Gasteiger partial charge in [0, 0.05) is 11.1 Å². The standard InChI is InChI=1S/C12H12N2O.C2H6/c1-9-11(10-5-3-2-4-6-10)13-14-7-8-15-12(9)14;1-2/h2-6H,7-8H2,1H3;1-2H3. The number of ether oxygens (including phenoxy) is 1. The lowest BCUT2D eigenvalue weighted by atomic mass is 10.1. The Labute approximate surface area is 102 Å². The molecule has 0 fully saturated rings. The lowest BCUT2D eigenvalue weighted by molar-refractivity contribution is 0.355. The molecule has 1 aromatic carbocycles. The first-order valence-corrected chi connectivity index (χ1v) is 6.12. The van der Waals surface area contributed by atoms with Gasteiger partial charge in [0.25, 0.3) is 0 Å². The van der Waals surface area contributed by atoms with Gasteiger partial charge in [0.05, 0.1) is 12.2 Å². The van der Waals surface area contributed by atoms with Gasteiger partial charge >= 0.3 is 0 Å². The average molecular weight is 230 g/mol. The molecule has 0 bridgehead atoms. The predicted octanol–water partition coefficient (Wildman–Crippen LogP) is 3.28. The van der Waals surface area contributed by atoms with Gasteiger partial charge in [-0.05, 0) is 6.92 Å². The van der Waals surface area contributed by atoms with E-state index in [9.17, 15) is 0 Å². The molecule has 0 radical (unpaired) electrons. The maximum absolute atomic E-state index is 5.53. The highest BCUT2D eigenvalue weighted by Gasteiger charge is 2.20. The van der Waals surface area contributed by atoms with E-state index in [2.05, 4.69) is 24.2 Å². The zero-order valence-corrected chi connectivity index (χ0v) is 10.6. The maximum Gasteiger partial charge on any atom is 0.215 e. The molecule has 2 heterocycles. The van der Waals surface area contributed by atoms with E-state index in [1.165, 1.54) is 0 Å². The summed E-state index contributed by atoms with van der Waals surface area (Å²) in [4.78, 5) is 0. The van der Waals surface area contributed by atoms with Crippen LogP contribution in [0.25, 0.3) is 11.3 Å². The summed E-state index contributed by atoms with van der Waals surface area (Å²) in [6.07, 6.45) is 0. The summed E-state index contributed by atoms with van der Waals surface area (Å²) in [5.41, 5.74) is 3.32. The summed E-state index contributed by atoms with van der Waals surface area (Å²) in [5.74, 6) is 0.925. The second-order valence-corrected chi connectivity index (χ2v) is 3.72. The highest BCUT2D eigenvalue weighted by atomic mass is 16.5. The fourth-order valence-corrected chi connectivity index (χ4v) is 1.97. The van der Waals surface area contributed by atoms with Crippen molar-refractivity contribution in [2.75, 3.05) is 6.61 Å². The van der Waals surface area contributed by atoms with Crippen LogP contribution in [-0.2, 0) is 6.54 Å². The monoisotopic (exact) mass is 230 g/mol. The van der Waals surface area contributed by atoms with Gasteiger partial charge in [0.2, 0.25) is 5.88 Å². The summed E-state index contributed by atoms with van der Waals surface area (Å²) < 4.78 is 7.47. The molecule has 0 atom stereocenters. The van der Waals surface area contributed by atoms with Gasteiger partial charge in [-0.15, -0.1) is 0 Å². The van der Waals surface area contributed by atoms with Crippen molar-refractivity contribution in [2.45, 2.75) is 27.3 Å². The normalized spacial score (nSPS) is 12.4. The third kappa shape index (κ3) is 2.05. The molecule has 0 saturated heterocycles. The number of nitrogens with zero attached hydrogens (tertiary/aromatic N) is 2. The molecule has 17 heavy (non-hydrogen) atoms. The number of hydrogen-bond acceptors (Lipinski definition) is 2. The highest BCUT2D eigenvalue weighted by Crippen LogP contribution is 2.31. The van der Waals surface area contributed by atoms with Crippen molar-refractivity contribution >= 4 is 0 Å². The molecule has 0 saturated carbocycles. The van der Waals surface area contributed by atoms with Crippen molar-refractivity contribution in [2.24, 2.45) is 0 Å². The molecule has 3 heteroatoms. The molecule has 0 aliphatic carbocycles. The van der Waals surface area contributed by atoms with Crippen LogP contribution >= 0.6 is 0 Å². The predicted molar refractivity (Wildman–Crippen MR) is 69.2 cm³/mol. The topological polar surface area (TPSA) is 27.1 Å². The first kappa shape index (κ1) is 11.7. The Morgan fingerprint density at radius 1 is 1.18 bits per heavy atom. The van der Waals surface area contributed by atoms with Crippen molar-refractivity contribution in [3.63, 3.8) is 0 Å². The quantitative estimate of drug-likeness (QED) is 0.751. The minimum Gasteiger partial charge on any atom is -0.476 e. The van der Waals surface area contributed by atoms with Gasteiger partial charge in [-0.1, -0.05) is 44.2 Å². The molecule has 0 unspecified atom stereocenters. The lowest BCUT2D eigenvalue weighted by Gasteiger charge is -1.99. The van der Waals surface area contributed by atoms with Crippen molar-refractivity contribution in [3.05, 3.63) is 35.9 Å². The average Bonchev–Trinajstić information content (AvgIpc) is 2.97. The molecular formula is C14H18N2O. The van der Waals surface area contributed by atoms with Crippen LogP contribution in [0.15, 0.2) is 30.3 Å². The van der Waals surface area contributed by atoms with E-state index in [0.717, 1.165) is 35.9 Å². The number of fused-ring (bicyclic) bond motifs is 1. The third-order valence-corrected chi connectivity index (χ3v) is 2.72. The van der Waals surface area contributed by atoms with Crippen LogP contribution in [0.4, 0.5) is 0 Å². The van der Waals surface area contributed by atoms with Crippen LogP contribution in [0.1, 0.15) is 19.4 Å². The van der Waals surface area contributed by atoms with E-state index in [0.29, 0.717) is 0 Å². The van der Waals surface area contributed by atoms with Crippen LogP contribution in [0.5, 0.6) is 5.88 Å². The van der Waals surface area contributed by atoms with Crippen LogP contribution in [0.3, 0.4) is 0 Å². The number of rotatable bonds is 1. The Morgan fingerprint density at radius 3 is 2.53 bits per heavy atom. The fraction of sp³-hybridized carbons (Fsp3) is 0.357. The first-order chi connectivity index (χ1) is 8.36. The molecule has 0 N–H and O–H groups in total. The Bertz CT molecular complexity index is 488. The fourth-order valence-electron chi connectivity index (χ4n) is 1.97. The number of aromatic nitrogens is 2. The summed E-state index contributed by atoms with van der Waals surface area (Å²) >= 11 is 0. The molecule has 1 aliphatic heterocycles. The highest BCUT2D eigenvalue weighted by molar-refractivity contribution is 5.65. The summed E-state index contributed by atoms with van der Waals surface area (Å²) in [7, 11) is 0. The number of benzene rings is 1. The SMILES string of the molecule is CC.Cc1c(-c2ccccc2)nn2c1OCC2. The van der Waals surface area contributed by atoms with Crippen molar-refractivity contribution in [1.29, 1.82) is 0 Å². The molecule has 0 amide bonds. The number of hydrogen-bond donors (Lipinski definition) is 0. The van der Waals surface area contributed by atoms with E-state index >= 15 is 0 Å². The van der Waals surface area contributed by atoms with E-state index in [-0.39, 0.29) is 0 Å². The van der Waals surface area contributed by atoms with Gasteiger partial charge in [-0.3, -0.25) is 0 Å². The van der Waals surface area contributed by atoms with Crippen LogP contribution in [-0.4, -0.2) is 16.4 Å². The summed E-state index contributed by atoms with van der Waals surface area (Å²) in [6.45, 7) is 7.67. The molecule has 1 aliphatic rings. The maximum atomic E-state index is 5.53. The van der Waals surface area contributed by atoms with Crippen LogP contribution < -0.4 is 4.74 Å². The minimum absolute atomic E-state index is 0.748. The van der Waals surface area contributed by atoms with Crippen LogP contribution in [0, 0.1) is 6.92 Å². The largest absolute Gasteiger partial charge is 0.476 e. The van der Waals surface area contributed by atoms with E-state index in [1.807, 2.05) is 36.7 Å². The Hall–Kier alpha value is -1.77. The van der Waals surface area contributed by atoms with Gasteiger partial charge in [-0.25, -0.2) is 4.68 Å². The van der Waals surface area contributed by atoms with Crippen LogP contribution in [0.2, 0.25) is 0 Å². The van der Waals surface area contributed by atoms with E-state index in [1.54, 1.807) is 0 Å². The van der Waals surface area contributed by atoms with Gasteiger partial charge in [-0.2, -0.15) is 5.10 Å². The second-order valence-electron chi connectivity index (χ2n) is 3.72. The molecule has 2 aromatic rings. The minimum atomic E-state index is 0.748. The van der Waals surface area contributed by atoms with Gasteiger partial charge in [0.1, 0.15) is 6.61 Å². The van der Waals surface area contributed by atoms with E-state index < -0.39 is 0 Å². The summed E-state index contributed by atoms with van der Waals surface area (Å²) in [5, 5.41) is 4.55. The summed E-state index contributed by atoms with van der Waals surface area (Å²) in [6, 6.07) is 10.2. The lowest BCUT2D eigenvalue weighted by Crippen LogP contribution is -1.96. The molecular weight excluding hydrogens is 212 g/mol. The van der Waals surface area contributed by atoms with Crippen molar-refractivity contribution in [3.8, 4) is 17.1 Å². The Morgan fingerprint density at radius 2 is 1.88 bits per heavy atom. The van der Waals surface area contributed by atoms with E-state index in [4.69, 9.17) is 4.74 Å². The first-order valence-electron chi connectivity index (χ1n) is 6.12. The molecule has 0 spiro atoms. The molecule has 1 aromatic heterocycles. The Balaban J connectivity index is 0.000000514. The van der Waals surface area contributed by atoms with Gasteiger partial charge in [0.15, 0.2) is 0 Å². The molecule has 3 rings (SSSR count). The third-order valence-electron chi connectivity index (χ3n) is 2.72. The molecule has 3 nitrogen and oxygen atoms in total. The van der Waals surface area contributed by atoms with Gasteiger partial charge < -0.3 is 4.74 Å². The zero-order chi connectivity index (χ0) is 12.3. The van der Waals surface area contributed by atoms with Crippen molar-refractivity contribution < 1.29 is 4.74 Å². The van der Waals surface area contributed by atoms with Crippen molar-refractivity contribution in [1.82, 2.24) is 9.78 Å². The Kier molecular flexibility index (Phi) is 3.47. The molecule has 90 valence electrons.